The third kappa shape index (κ3) is 4.83. The zero-order valence-corrected chi connectivity index (χ0v) is 19.1. The first-order valence-electron chi connectivity index (χ1n) is 11.0. The Labute approximate surface area is 198 Å². The van der Waals surface area contributed by atoms with Crippen LogP contribution in [0, 0.1) is 0 Å². The Morgan fingerprint density at radius 3 is 2.09 bits per heavy atom. The van der Waals surface area contributed by atoms with Crippen molar-refractivity contribution in [3.05, 3.63) is 89.5 Å². The van der Waals surface area contributed by atoms with E-state index in [1.807, 2.05) is 60.7 Å². The van der Waals surface area contributed by atoms with Crippen molar-refractivity contribution in [2.75, 3.05) is 20.8 Å². The highest BCUT2D eigenvalue weighted by Crippen LogP contribution is 2.40. The van der Waals surface area contributed by atoms with Gasteiger partial charge in [0, 0.05) is 18.0 Å². The summed E-state index contributed by atoms with van der Waals surface area (Å²) in [5.41, 5.74) is 2.27. The van der Waals surface area contributed by atoms with Gasteiger partial charge in [0.25, 0.3) is 5.91 Å². The maximum atomic E-state index is 13.5. The highest BCUT2D eigenvalue weighted by molar-refractivity contribution is 5.98. The summed E-state index contributed by atoms with van der Waals surface area (Å²) < 4.78 is 17.0. The Morgan fingerprint density at radius 2 is 1.53 bits per heavy atom. The van der Waals surface area contributed by atoms with Crippen LogP contribution in [0.4, 0.5) is 0 Å². The van der Waals surface area contributed by atoms with Gasteiger partial charge in [0.2, 0.25) is 5.75 Å². The van der Waals surface area contributed by atoms with Crippen molar-refractivity contribution in [1.29, 1.82) is 0 Å². The third-order valence-corrected chi connectivity index (χ3v) is 6.05. The van der Waals surface area contributed by atoms with Crippen molar-refractivity contribution in [3.63, 3.8) is 0 Å². The number of nitrogens with zero attached hydrogens (tertiary/aromatic N) is 1. The Hall–Kier alpha value is -4.00. The molecule has 1 N–H and O–H groups in total. The molecule has 0 spiro atoms. The van der Waals surface area contributed by atoms with Gasteiger partial charge in [-0.3, -0.25) is 4.79 Å². The molecule has 1 aliphatic rings. The van der Waals surface area contributed by atoms with Gasteiger partial charge in [-0.15, -0.1) is 0 Å². The van der Waals surface area contributed by atoms with Gasteiger partial charge in [0.05, 0.1) is 14.2 Å². The van der Waals surface area contributed by atoms with Crippen LogP contribution in [0.25, 0.3) is 0 Å². The summed E-state index contributed by atoms with van der Waals surface area (Å²) >= 11 is 0. The van der Waals surface area contributed by atoms with E-state index in [2.05, 4.69) is 0 Å². The Balaban J connectivity index is 1.61. The lowest BCUT2D eigenvalue weighted by atomic mass is 9.96. The molecule has 7 nitrogen and oxygen atoms in total. The summed E-state index contributed by atoms with van der Waals surface area (Å²) in [5, 5.41) is 9.80. The molecule has 1 saturated heterocycles. The number of hydrogen-bond acceptors (Lipinski definition) is 5. The average Bonchev–Trinajstić information content (AvgIpc) is 3.33. The van der Waals surface area contributed by atoms with Crippen LogP contribution >= 0.6 is 0 Å². The van der Waals surface area contributed by atoms with E-state index in [9.17, 15) is 14.7 Å². The number of rotatable bonds is 8. The first kappa shape index (κ1) is 23.2. The zero-order chi connectivity index (χ0) is 24.1. The number of methoxy groups -OCH3 is 2. The molecule has 1 fully saturated rings. The minimum Gasteiger partial charge on any atom is -0.493 e. The largest absolute Gasteiger partial charge is 0.493 e. The fraction of sp³-hybridized carbons (Fsp3) is 0.259. The van der Waals surface area contributed by atoms with Crippen LogP contribution < -0.4 is 14.2 Å². The molecule has 2 unspecified atom stereocenters. The summed E-state index contributed by atoms with van der Waals surface area (Å²) in [6.07, 6.45) is 0.359. The molecule has 0 aromatic heterocycles. The van der Waals surface area contributed by atoms with E-state index < -0.39 is 17.9 Å². The number of likely N-dealkylation sites (tertiary alicyclic amines) is 1. The molecule has 1 aliphatic heterocycles. The van der Waals surface area contributed by atoms with Gasteiger partial charge in [-0.1, -0.05) is 60.7 Å². The standard InChI is InChI=1S/C27H27NO6/c1-32-23-14-20(15-24(33-2)25(23)34-17-18-9-5-3-6-10-18)26(29)28-16-21(13-22(28)27(30)31)19-11-7-4-8-12-19/h3-12,14-15,21-22H,13,16-17H2,1-2H3,(H,30,31). The number of carbonyl (C=O) groups excluding carboxylic acids is 1. The van der Waals surface area contributed by atoms with Crippen molar-refractivity contribution in [2.45, 2.75) is 25.0 Å². The molecule has 34 heavy (non-hydrogen) atoms. The Morgan fingerprint density at radius 1 is 0.941 bits per heavy atom. The minimum atomic E-state index is -1.02. The number of carboxylic acid groups (broad SMARTS) is 1. The molecule has 3 aromatic carbocycles. The van der Waals surface area contributed by atoms with E-state index in [-0.39, 0.29) is 11.5 Å². The number of ether oxygens (including phenoxy) is 3. The first-order valence-corrected chi connectivity index (χ1v) is 11.0. The Kier molecular flexibility index (Phi) is 7.01. The monoisotopic (exact) mass is 461 g/mol. The van der Waals surface area contributed by atoms with Gasteiger partial charge in [-0.25, -0.2) is 4.79 Å². The molecular weight excluding hydrogens is 434 g/mol. The van der Waals surface area contributed by atoms with Crippen molar-refractivity contribution in [2.24, 2.45) is 0 Å². The number of benzene rings is 3. The van der Waals surface area contributed by atoms with Crippen molar-refractivity contribution in [3.8, 4) is 17.2 Å². The summed E-state index contributed by atoms with van der Waals surface area (Å²) in [4.78, 5) is 26.9. The van der Waals surface area contributed by atoms with Gasteiger partial charge in [0.15, 0.2) is 11.5 Å². The summed E-state index contributed by atoms with van der Waals surface area (Å²) in [6, 6.07) is 21.6. The van der Waals surface area contributed by atoms with E-state index in [1.54, 1.807) is 12.1 Å². The number of carbonyl (C=O) groups is 2. The fourth-order valence-electron chi connectivity index (χ4n) is 4.30. The molecule has 1 amide bonds. The second-order valence-corrected chi connectivity index (χ2v) is 8.14. The van der Waals surface area contributed by atoms with Crippen LogP contribution in [0.1, 0.15) is 33.8 Å². The maximum Gasteiger partial charge on any atom is 0.326 e. The summed E-state index contributed by atoms with van der Waals surface area (Å²) in [6.45, 7) is 0.615. The topological polar surface area (TPSA) is 85.3 Å². The van der Waals surface area contributed by atoms with Gasteiger partial charge < -0.3 is 24.2 Å². The first-order chi connectivity index (χ1) is 16.5. The van der Waals surface area contributed by atoms with Gasteiger partial charge >= 0.3 is 5.97 Å². The summed E-state index contributed by atoms with van der Waals surface area (Å²) in [5.74, 6) is -0.411. The van der Waals surface area contributed by atoms with E-state index in [0.29, 0.717) is 36.8 Å². The lowest BCUT2D eigenvalue weighted by Crippen LogP contribution is -2.40. The molecule has 176 valence electrons. The second kappa shape index (κ2) is 10.3. The van der Waals surface area contributed by atoms with Gasteiger partial charge in [-0.05, 0) is 29.7 Å². The quantitative estimate of drug-likeness (QED) is 0.536. The van der Waals surface area contributed by atoms with Crippen LogP contribution in [0.15, 0.2) is 72.8 Å². The maximum absolute atomic E-state index is 13.5. The molecule has 0 radical (unpaired) electrons. The molecule has 0 aliphatic carbocycles. The molecule has 3 aromatic rings. The van der Waals surface area contributed by atoms with Crippen LogP contribution in [0.2, 0.25) is 0 Å². The normalized spacial score (nSPS) is 17.3. The molecule has 0 saturated carbocycles. The highest BCUT2D eigenvalue weighted by atomic mass is 16.5. The lowest BCUT2D eigenvalue weighted by Gasteiger charge is -2.23. The second-order valence-electron chi connectivity index (χ2n) is 8.14. The number of hydrogen-bond donors (Lipinski definition) is 1. The molecule has 7 heteroatoms. The smallest absolute Gasteiger partial charge is 0.326 e. The van der Waals surface area contributed by atoms with Crippen LogP contribution in [-0.4, -0.2) is 48.7 Å². The number of aliphatic carboxylic acids is 1. The van der Waals surface area contributed by atoms with E-state index in [0.717, 1.165) is 11.1 Å². The SMILES string of the molecule is COc1cc(C(=O)N2CC(c3ccccc3)CC2C(=O)O)cc(OC)c1OCc1ccccc1. The fourth-order valence-corrected chi connectivity index (χ4v) is 4.30. The van der Waals surface area contributed by atoms with E-state index in [1.165, 1.54) is 19.1 Å². The predicted molar refractivity (Wildman–Crippen MR) is 127 cm³/mol. The van der Waals surface area contributed by atoms with Gasteiger partial charge in [0.1, 0.15) is 12.6 Å². The predicted octanol–water partition coefficient (Wildman–Crippen LogP) is 4.37. The zero-order valence-electron chi connectivity index (χ0n) is 19.1. The van der Waals surface area contributed by atoms with Crippen molar-refractivity contribution in [1.82, 2.24) is 4.90 Å². The Bertz CT molecular complexity index is 1120. The molecule has 0 bridgehead atoms. The summed E-state index contributed by atoms with van der Waals surface area (Å²) in [7, 11) is 2.97. The van der Waals surface area contributed by atoms with Crippen LogP contribution in [0.5, 0.6) is 17.2 Å². The lowest BCUT2D eigenvalue weighted by molar-refractivity contribution is -0.141. The van der Waals surface area contributed by atoms with Crippen LogP contribution in [-0.2, 0) is 11.4 Å². The molecule has 4 rings (SSSR count). The van der Waals surface area contributed by atoms with Crippen LogP contribution in [0.3, 0.4) is 0 Å². The molecule has 1 heterocycles. The minimum absolute atomic E-state index is 0.0523. The van der Waals surface area contributed by atoms with Crippen molar-refractivity contribution < 1.29 is 28.9 Å². The third-order valence-electron chi connectivity index (χ3n) is 6.05. The van der Waals surface area contributed by atoms with Crippen molar-refractivity contribution >= 4 is 11.9 Å². The van der Waals surface area contributed by atoms with Gasteiger partial charge in [-0.2, -0.15) is 0 Å². The van der Waals surface area contributed by atoms with E-state index >= 15 is 0 Å². The number of amides is 1. The molecule has 2 atom stereocenters. The highest BCUT2D eigenvalue weighted by Gasteiger charge is 2.40. The average molecular weight is 462 g/mol. The molecular formula is C27H27NO6. The number of carboxylic acids is 1. The van der Waals surface area contributed by atoms with E-state index in [4.69, 9.17) is 14.2 Å².